The van der Waals surface area contributed by atoms with Gasteiger partial charge in [-0.05, 0) is 12.7 Å². The minimum Gasteiger partial charge on any atom is -0.314 e. The van der Waals surface area contributed by atoms with E-state index >= 15 is 0 Å². The zero-order chi connectivity index (χ0) is 8.81. The summed E-state index contributed by atoms with van der Waals surface area (Å²) in [7, 11) is 0. The van der Waals surface area contributed by atoms with Crippen molar-refractivity contribution in [3.05, 3.63) is 0 Å². The molecule has 1 unspecified atom stereocenters. The van der Waals surface area contributed by atoms with Crippen LogP contribution in [-0.2, 0) is 0 Å². The predicted octanol–water partition coefficient (Wildman–Crippen LogP) is 1.03. The maximum atomic E-state index is 3.44. The lowest BCUT2D eigenvalue weighted by Gasteiger charge is -2.35. The topological polar surface area (TPSA) is 15.3 Å². The lowest BCUT2D eigenvalue weighted by Crippen LogP contribution is -2.51. The van der Waals surface area contributed by atoms with Gasteiger partial charge in [0, 0.05) is 38.0 Å². The second kappa shape index (κ2) is 5.84. The van der Waals surface area contributed by atoms with Gasteiger partial charge in [-0.1, -0.05) is 6.92 Å². The third-order valence-corrected chi connectivity index (χ3v) is 3.12. The van der Waals surface area contributed by atoms with E-state index < -0.39 is 0 Å². The van der Waals surface area contributed by atoms with Crippen molar-refractivity contribution in [2.75, 3.05) is 38.2 Å². The van der Waals surface area contributed by atoms with Gasteiger partial charge in [0.25, 0.3) is 0 Å². The second-order valence-corrected chi connectivity index (χ2v) is 4.28. The number of piperazine rings is 1. The summed E-state index contributed by atoms with van der Waals surface area (Å²) in [5.41, 5.74) is 0. The molecule has 0 radical (unpaired) electrons. The number of nitrogens with one attached hydrogen (secondary N) is 1. The SMILES string of the molecule is CCC1CNCCN1CCSC. The van der Waals surface area contributed by atoms with E-state index in [2.05, 4.69) is 23.4 Å². The Morgan fingerprint density at radius 1 is 1.58 bits per heavy atom. The molecule has 3 heteroatoms. The highest BCUT2D eigenvalue weighted by molar-refractivity contribution is 7.98. The fourth-order valence-electron chi connectivity index (χ4n) is 1.71. The molecule has 1 N–H and O–H groups in total. The molecule has 0 aliphatic carbocycles. The zero-order valence-corrected chi connectivity index (χ0v) is 8.99. The molecule has 72 valence electrons. The maximum absolute atomic E-state index is 3.44. The van der Waals surface area contributed by atoms with Crippen LogP contribution in [0.4, 0.5) is 0 Å². The molecule has 12 heavy (non-hydrogen) atoms. The summed E-state index contributed by atoms with van der Waals surface area (Å²) >= 11 is 1.95. The first-order chi connectivity index (χ1) is 5.88. The Kier molecular flexibility index (Phi) is 5.04. The van der Waals surface area contributed by atoms with Crippen LogP contribution in [-0.4, -0.2) is 49.1 Å². The molecule has 0 amide bonds. The minimum absolute atomic E-state index is 0.783. The third kappa shape index (κ3) is 2.96. The fraction of sp³-hybridized carbons (Fsp3) is 1.00. The molecule has 1 fully saturated rings. The van der Waals surface area contributed by atoms with Crippen LogP contribution in [0.3, 0.4) is 0 Å². The average molecular weight is 188 g/mol. The lowest BCUT2D eigenvalue weighted by molar-refractivity contribution is 0.167. The summed E-state index contributed by atoms with van der Waals surface area (Å²) in [6.45, 7) is 7.14. The Morgan fingerprint density at radius 2 is 2.42 bits per heavy atom. The molecule has 0 aromatic rings. The Morgan fingerprint density at radius 3 is 3.08 bits per heavy atom. The van der Waals surface area contributed by atoms with E-state index in [0.717, 1.165) is 6.04 Å². The van der Waals surface area contributed by atoms with E-state index in [1.165, 1.54) is 38.4 Å². The van der Waals surface area contributed by atoms with Crippen molar-refractivity contribution in [2.45, 2.75) is 19.4 Å². The molecule has 0 spiro atoms. The van der Waals surface area contributed by atoms with Crippen LogP contribution in [0.5, 0.6) is 0 Å². The third-order valence-electron chi connectivity index (χ3n) is 2.53. The molecule has 0 saturated carbocycles. The van der Waals surface area contributed by atoms with Crippen molar-refractivity contribution in [3.8, 4) is 0 Å². The van der Waals surface area contributed by atoms with E-state index in [1.807, 2.05) is 11.8 Å². The van der Waals surface area contributed by atoms with Crippen molar-refractivity contribution in [1.29, 1.82) is 0 Å². The number of rotatable bonds is 4. The van der Waals surface area contributed by atoms with Crippen molar-refractivity contribution >= 4 is 11.8 Å². The van der Waals surface area contributed by atoms with Gasteiger partial charge in [0.2, 0.25) is 0 Å². The monoisotopic (exact) mass is 188 g/mol. The highest BCUT2D eigenvalue weighted by atomic mass is 32.2. The van der Waals surface area contributed by atoms with Gasteiger partial charge in [0.05, 0.1) is 0 Å². The largest absolute Gasteiger partial charge is 0.314 e. The van der Waals surface area contributed by atoms with Gasteiger partial charge < -0.3 is 5.32 Å². The van der Waals surface area contributed by atoms with E-state index in [9.17, 15) is 0 Å². The second-order valence-electron chi connectivity index (χ2n) is 3.29. The summed E-state index contributed by atoms with van der Waals surface area (Å²) in [4.78, 5) is 2.62. The van der Waals surface area contributed by atoms with Crippen LogP contribution in [0.1, 0.15) is 13.3 Å². The van der Waals surface area contributed by atoms with Crippen molar-refractivity contribution < 1.29 is 0 Å². The Balaban J connectivity index is 2.26. The zero-order valence-electron chi connectivity index (χ0n) is 8.18. The molecule has 1 rings (SSSR count). The van der Waals surface area contributed by atoms with Gasteiger partial charge in [-0.2, -0.15) is 11.8 Å². The standard InChI is InChI=1S/C9H20N2S/c1-3-9-8-10-4-5-11(9)6-7-12-2/h9-10H,3-8H2,1-2H3. The summed E-state index contributed by atoms with van der Waals surface area (Å²) in [5.74, 6) is 1.27. The minimum atomic E-state index is 0.783. The Hall–Kier alpha value is 0.270. The Bertz CT molecular complexity index is 119. The van der Waals surface area contributed by atoms with E-state index in [1.54, 1.807) is 0 Å². The molecule has 0 aromatic carbocycles. The van der Waals surface area contributed by atoms with E-state index in [4.69, 9.17) is 0 Å². The van der Waals surface area contributed by atoms with Gasteiger partial charge in [-0.25, -0.2) is 0 Å². The van der Waals surface area contributed by atoms with Crippen LogP contribution >= 0.6 is 11.8 Å². The highest BCUT2D eigenvalue weighted by Gasteiger charge is 2.18. The van der Waals surface area contributed by atoms with Crippen LogP contribution in [0.25, 0.3) is 0 Å². The van der Waals surface area contributed by atoms with Gasteiger partial charge in [0.15, 0.2) is 0 Å². The summed E-state index contributed by atoms with van der Waals surface area (Å²) in [5, 5.41) is 3.44. The number of nitrogens with zero attached hydrogens (tertiary/aromatic N) is 1. The number of thioether (sulfide) groups is 1. The first-order valence-corrected chi connectivity index (χ1v) is 6.21. The average Bonchev–Trinajstić information content (AvgIpc) is 2.15. The van der Waals surface area contributed by atoms with Crippen molar-refractivity contribution in [3.63, 3.8) is 0 Å². The molecule has 0 aromatic heterocycles. The van der Waals surface area contributed by atoms with Crippen LogP contribution in [0.2, 0.25) is 0 Å². The lowest BCUT2D eigenvalue weighted by atomic mass is 10.1. The normalized spacial score (nSPS) is 26.0. The molecule has 1 aliphatic rings. The number of hydrogen-bond donors (Lipinski definition) is 1. The summed E-state index contributed by atoms with van der Waals surface area (Å²) in [6, 6.07) is 0.783. The van der Waals surface area contributed by atoms with Gasteiger partial charge in [-0.3, -0.25) is 4.90 Å². The Labute approximate surface area is 80.1 Å². The van der Waals surface area contributed by atoms with Crippen molar-refractivity contribution in [1.82, 2.24) is 10.2 Å². The quantitative estimate of drug-likeness (QED) is 0.709. The van der Waals surface area contributed by atoms with Crippen LogP contribution in [0, 0.1) is 0 Å². The molecule has 1 atom stereocenters. The van der Waals surface area contributed by atoms with Crippen LogP contribution < -0.4 is 5.32 Å². The predicted molar refractivity (Wildman–Crippen MR) is 56.9 cm³/mol. The molecular formula is C9H20N2S. The molecule has 1 heterocycles. The van der Waals surface area contributed by atoms with E-state index in [0.29, 0.717) is 0 Å². The van der Waals surface area contributed by atoms with Crippen molar-refractivity contribution in [2.24, 2.45) is 0 Å². The first-order valence-electron chi connectivity index (χ1n) is 4.82. The van der Waals surface area contributed by atoms with Crippen LogP contribution in [0.15, 0.2) is 0 Å². The summed E-state index contributed by atoms with van der Waals surface area (Å²) < 4.78 is 0. The van der Waals surface area contributed by atoms with Gasteiger partial charge in [-0.15, -0.1) is 0 Å². The molecular weight excluding hydrogens is 168 g/mol. The highest BCUT2D eigenvalue weighted by Crippen LogP contribution is 2.07. The maximum Gasteiger partial charge on any atom is 0.0218 e. The fourth-order valence-corrected chi connectivity index (χ4v) is 2.13. The van der Waals surface area contributed by atoms with Gasteiger partial charge >= 0.3 is 0 Å². The summed E-state index contributed by atoms with van der Waals surface area (Å²) in [6.07, 6.45) is 3.46. The first kappa shape index (κ1) is 10.4. The van der Waals surface area contributed by atoms with E-state index in [-0.39, 0.29) is 0 Å². The van der Waals surface area contributed by atoms with Gasteiger partial charge in [0.1, 0.15) is 0 Å². The smallest absolute Gasteiger partial charge is 0.0218 e. The molecule has 0 bridgehead atoms. The molecule has 2 nitrogen and oxygen atoms in total. The number of hydrogen-bond acceptors (Lipinski definition) is 3. The molecule has 1 aliphatic heterocycles. The molecule has 1 saturated heterocycles.